The summed E-state index contributed by atoms with van der Waals surface area (Å²) in [5.41, 5.74) is 0. The number of anilines is 2. The SMILES string of the molecule is CCNc1cc(N(C)CCCO)nc(COC)n1. The molecule has 1 heterocycles. The fourth-order valence-corrected chi connectivity index (χ4v) is 1.57. The molecule has 0 atom stereocenters. The van der Waals surface area contributed by atoms with E-state index in [4.69, 9.17) is 9.84 Å². The van der Waals surface area contributed by atoms with E-state index in [2.05, 4.69) is 15.3 Å². The van der Waals surface area contributed by atoms with Gasteiger partial charge in [-0.2, -0.15) is 0 Å². The van der Waals surface area contributed by atoms with E-state index in [-0.39, 0.29) is 6.61 Å². The second-order valence-corrected chi connectivity index (χ2v) is 3.99. The number of methoxy groups -OCH3 is 1. The Bertz CT molecular complexity index is 336. The number of aliphatic hydroxyl groups is 1. The van der Waals surface area contributed by atoms with Crippen molar-refractivity contribution in [3.8, 4) is 0 Å². The molecule has 18 heavy (non-hydrogen) atoms. The van der Waals surface area contributed by atoms with Crippen molar-refractivity contribution in [3.63, 3.8) is 0 Å². The van der Waals surface area contributed by atoms with E-state index >= 15 is 0 Å². The minimum Gasteiger partial charge on any atom is -0.396 e. The highest BCUT2D eigenvalue weighted by Gasteiger charge is 2.08. The predicted molar refractivity (Wildman–Crippen MR) is 71.9 cm³/mol. The van der Waals surface area contributed by atoms with Gasteiger partial charge in [0.15, 0.2) is 5.82 Å². The average Bonchev–Trinajstić information content (AvgIpc) is 2.36. The topological polar surface area (TPSA) is 70.5 Å². The molecule has 6 nitrogen and oxygen atoms in total. The standard InChI is InChI=1S/C12H22N4O2/c1-4-13-10-8-12(16(2)6-5-7-17)15-11(14-10)9-18-3/h8,17H,4-7,9H2,1-3H3,(H,13,14,15). The van der Waals surface area contributed by atoms with E-state index in [9.17, 15) is 0 Å². The Kier molecular flexibility index (Phi) is 6.38. The first-order chi connectivity index (χ1) is 8.71. The van der Waals surface area contributed by atoms with Gasteiger partial charge in [0.05, 0.1) is 0 Å². The second-order valence-electron chi connectivity index (χ2n) is 3.99. The van der Waals surface area contributed by atoms with Crippen LogP contribution in [-0.2, 0) is 11.3 Å². The van der Waals surface area contributed by atoms with Crippen LogP contribution in [0.15, 0.2) is 6.07 Å². The molecular weight excluding hydrogens is 232 g/mol. The van der Waals surface area contributed by atoms with Gasteiger partial charge in [-0.3, -0.25) is 0 Å². The first kappa shape index (κ1) is 14.7. The van der Waals surface area contributed by atoms with Crippen LogP contribution < -0.4 is 10.2 Å². The summed E-state index contributed by atoms with van der Waals surface area (Å²) in [4.78, 5) is 10.8. The maximum absolute atomic E-state index is 8.85. The van der Waals surface area contributed by atoms with Crippen LogP contribution in [0.4, 0.5) is 11.6 Å². The van der Waals surface area contributed by atoms with E-state index in [1.54, 1.807) is 7.11 Å². The summed E-state index contributed by atoms with van der Waals surface area (Å²) in [5.74, 6) is 2.29. The van der Waals surface area contributed by atoms with Crippen molar-refractivity contribution in [2.75, 3.05) is 44.1 Å². The summed E-state index contributed by atoms with van der Waals surface area (Å²) in [6, 6.07) is 1.90. The molecule has 0 saturated carbocycles. The summed E-state index contributed by atoms with van der Waals surface area (Å²) in [6.45, 7) is 4.16. The largest absolute Gasteiger partial charge is 0.396 e. The first-order valence-corrected chi connectivity index (χ1v) is 6.14. The Balaban J connectivity index is 2.87. The molecule has 0 bridgehead atoms. The molecule has 0 aliphatic rings. The van der Waals surface area contributed by atoms with Crippen LogP contribution >= 0.6 is 0 Å². The minimum absolute atomic E-state index is 0.181. The Labute approximate surface area is 108 Å². The van der Waals surface area contributed by atoms with Crippen molar-refractivity contribution in [2.45, 2.75) is 20.0 Å². The molecule has 0 aromatic carbocycles. The van der Waals surface area contributed by atoms with E-state index in [1.165, 1.54) is 0 Å². The zero-order valence-electron chi connectivity index (χ0n) is 11.3. The number of rotatable bonds is 8. The fourth-order valence-electron chi connectivity index (χ4n) is 1.57. The quantitative estimate of drug-likeness (QED) is 0.717. The van der Waals surface area contributed by atoms with E-state index < -0.39 is 0 Å². The summed E-state index contributed by atoms with van der Waals surface area (Å²) in [7, 11) is 3.57. The molecule has 0 radical (unpaired) electrons. The molecule has 2 N–H and O–H groups in total. The van der Waals surface area contributed by atoms with Gasteiger partial charge in [-0.05, 0) is 13.3 Å². The van der Waals surface area contributed by atoms with E-state index in [0.29, 0.717) is 12.4 Å². The van der Waals surface area contributed by atoms with Crippen molar-refractivity contribution in [3.05, 3.63) is 11.9 Å². The fraction of sp³-hybridized carbons (Fsp3) is 0.667. The van der Waals surface area contributed by atoms with Crippen molar-refractivity contribution < 1.29 is 9.84 Å². The van der Waals surface area contributed by atoms with Crippen LogP contribution in [0.5, 0.6) is 0 Å². The third kappa shape index (κ3) is 4.46. The number of ether oxygens (including phenoxy) is 1. The highest BCUT2D eigenvalue weighted by atomic mass is 16.5. The number of nitrogens with zero attached hydrogens (tertiary/aromatic N) is 3. The normalized spacial score (nSPS) is 10.4. The molecular formula is C12H22N4O2. The molecule has 0 aliphatic carbocycles. The second kappa shape index (κ2) is 7.84. The van der Waals surface area contributed by atoms with Crippen molar-refractivity contribution in [1.82, 2.24) is 9.97 Å². The lowest BCUT2D eigenvalue weighted by atomic mass is 10.4. The highest BCUT2D eigenvalue weighted by Crippen LogP contribution is 2.15. The van der Waals surface area contributed by atoms with E-state index in [0.717, 1.165) is 31.1 Å². The molecule has 1 aromatic rings. The molecule has 1 rings (SSSR count). The summed E-state index contributed by atoms with van der Waals surface area (Å²) in [6.07, 6.45) is 0.719. The molecule has 6 heteroatoms. The lowest BCUT2D eigenvalue weighted by Crippen LogP contribution is -2.21. The van der Waals surface area contributed by atoms with Crippen molar-refractivity contribution in [2.24, 2.45) is 0 Å². The summed E-state index contributed by atoms with van der Waals surface area (Å²) in [5, 5.41) is 12.0. The molecule has 0 amide bonds. The third-order valence-corrected chi connectivity index (χ3v) is 2.43. The van der Waals surface area contributed by atoms with E-state index in [1.807, 2.05) is 24.9 Å². The van der Waals surface area contributed by atoms with Gasteiger partial charge >= 0.3 is 0 Å². The monoisotopic (exact) mass is 254 g/mol. The highest BCUT2D eigenvalue weighted by molar-refractivity contribution is 5.48. The maximum Gasteiger partial charge on any atom is 0.158 e. The zero-order chi connectivity index (χ0) is 13.4. The molecule has 102 valence electrons. The third-order valence-electron chi connectivity index (χ3n) is 2.43. The number of aromatic nitrogens is 2. The lowest BCUT2D eigenvalue weighted by Gasteiger charge is -2.19. The van der Waals surface area contributed by atoms with Gasteiger partial charge < -0.3 is 20.1 Å². The van der Waals surface area contributed by atoms with Crippen LogP contribution in [0, 0.1) is 0 Å². The summed E-state index contributed by atoms with van der Waals surface area (Å²) >= 11 is 0. The van der Waals surface area contributed by atoms with Crippen LogP contribution in [0.25, 0.3) is 0 Å². The maximum atomic E-state index is 8.85. The predicted octanol–water partition coefficient (Wildman–Crippen LogP) is 0.873. The molecule has 1 aromatic heterocycles. The van der Waals surface area contributed by atoms with Crippen LogP contribution in [0.1, 0.15) is 19.2 Å². The Morgan fingerprint density at radius 2 is 2.22 bits per heavy atom. The molecule has 0 fully saturated rings. The van der Waals surface area contributed by atoms with Crippen LogP contribution in [0.2, 0.25) is 0 Å². The van der Waals surface area contributed by atoms with Crippen molar-refractivity contribution >= 4 is 11.6 Å². The Hall–Kier alpha value is -1.40. The van der Waals surface area contributed by atoms with Gasteiger partial charge in [-0.15, -0.1) is 0 Å². The van der Waals surface area contributed by atoms with Gasteiger partial charge in [-0.25, -0.2) is 9.97 Å². The van der Waals surface area contributed by atoms with Crippen molar-refractivity contribution in [1.29, 1.82) is 0 Å². The van der Waals surface area contributed by atoms with Gasteiger partial charge in [0.25, 0.3) is 0 Å². The minimum atomic E-state index is 0.181. The van der Waals surface area contributed by atoms with Gasteiger partial charge in [0.1, 0.15) is 18.2 Å². The first-order valence-electron chi connectivity index (χ1n) is 6.14. The molecule has 0 unspecified atom stereocenters. The van der Waals surface area contributed by atoms with Crippen LogP contribution in [0.3, 0.4) is 0 Å². The summed E-state index contributed by atoms with van der Waals surface area (Å²) < 4.78 is 5.07. The van der Waals surface area contributed by atoms with Gasteiger partial charge in [-0.1, -0.05) is 0 Å². The Morgan fingerprint density at radius 1 is 1.44 bits per heavy atom. The Morgan fingerprint density at radius 3 is 2.83 bits per heavy atom. The molecule has 0 spiro atoms. The number of hydrogen-bond acceptors (Lipinski definition) is 6. The molecule has 0 saturated heterocycles. The number of nitrogens with one attached hydrogen (secondary N) is 1. The lowest BCUT2D eigenvalue weighted by molar-refractivity contribution is 0.178. The smallest absolute Gasteiger partial charge is 0.158 e. The average molecular weight is 254 g/mol. The van der Waals surface area contributed by atoms with Gasteiger partial charge in [0, 0.05) is 39.9 Å². The zero-order valence-corrected chi connectivity index (χ0v) is 11.3. The van der Waals surface area contributed by atoms with Crippen LogP contribution in [-0.4, -0.2) is 48.9 Å². The number of hydrogen-bond donors (Lipinski definition) is 2. The van der Waals surface area contributed by atoms with Gasteiger partial charge in [0.2, 0.25) is 0 Å². The molecule has 0 aliphatic heterocycles. The number of aliphatic hydroxyl groups excluding tert-OH is 1.